The second-order valence-electron chi connectivity index (χ2n) is 4.93. The molecule has 0 heterocycles. The molecule has 0 amide bonds. The summed E-state index contributed by atoms with van der Waals surface area (Å²) in [6.45, 7) is 6.97. The van der Waals surface area contributed by atoms with Crippen molar-refractivity contribution in [3.8, 4) is 0 Å². The topological polar surface area (TPSA) is 29.5 Å². The zero-order chi connectivity index (χ0) is 12.7. The summed E-state index contributed by atoms with van der Waals surface area (Å²) in [5.41, 5.74) is -0.142. The third-order valence-electron chi connectivity index (χ3n) is 4.07. The Morgan fingerprint density at radius 2 is 1.82 bits per heavy atom. The SMILES string of the molecule is CCN(CC)C1(C(=O)CCCOC)CCCC1. The van der Waals surface area contributed by atoms with Gasteiger partial charge < -0.3 is 4.74 Å². The number of hydrogen-bond acceptors (Lipinski definition) is 3. The molecule has 0 bridgehead atoms. The first-order valence-corrected chi connectivity index (χ1v) is 6.98. The van der Waals surface area contributed by atoms with Crippen LogP contribution in [-0.2, 0) is 9.53 Å². The standard InChI is InChI=1S/C14H27NO2/c1-4-15(5-2)14(10-6-7-11-14)13(16)9-8-12-17-3/h4-12H2,1-3H3. The quantitative estimate of drug-likeness (QED) is 0.612. The van der Waals surface area contributed by atoms with Gasteiger partial charge in [-0.15, -0.1) is 0 Å². The molecule has 0 aromatic heterocycles. The van der Waals surface area contributed by atoms with Gasteiger partial charge in [-0.2, -0.15) is 0 Å². The molecule has 0 N–H and O–H groups in total. The van der Waals surface area contributed by atoms with Gasteiger partial charge in [0.1, 0.15) is 0 Å². The summed E-state index contributed by atoms with van der Waals surface area (Å²) >= 11 is 0. The molecule has 0 radical (unpaired) electrons. The van der Waals surface area contributed by atoms with E-state index in [0.29, 0.717) is 18.8 Å². The average molecular weight is 241 g/mol. The lowest BCUT2D eigenvalue weighted by Gasteiger charge is -2.39. The fourth-order valence-corrected chi connectivity index (χ4v) is 3.17. The van der Waals surface area contributed by atoms with Gasteiger partial charge >= 0.3 is 0 Å². The number of nitrogens with zero attached hydrogens (tertiary/aromatic N) is 1. The van der Waals surface area contributed by atoms with E-state index in [9.17, 15) is 4.79 Å². The maximum Gasteiger partial charge on any atom is 0.153 e. The maximum absolute atomic E-state index is 12.5. The molecule has 0 atom stereocenters. The molecule has 100 valence electrons. The number of hydrogen-bond donors (Lipinski definition) is 0. The van der Waals surface area contributed by atoms with Crippen LogP contribution in [0.2, 0.25) is 0 Å². The smallest absolute Gasteiger partial charge is 0.153 e. The molecule has 0 aromatic carbocycles. The third-order valence-corrected chi connectivity index (χ3v) is 4.07. The van der Waals surface area contributed by atoms with Crippen molar-refractivity contribution >= 4 is 5.78 Å². The van der Waals surface area contributed by atoms with E-state index in [-0.39, 0.29) is 5.54 Å². The van der Waals surface area contributed by atoms with Crippen LogP contribution >= 0.6 is 0 Å². The molecule has 1 saturated carbocycles. The predicted octanol–water partition coefficient (Wildman–Crippen LogP) is 2.64. The Hall–Kier alpha value is -0.410. The van der Waals surface area contributed by atoms with E-state index in [2.05, 4.69) is 18.7 Å². The van der Waals surface area contributed by atoms with Crippen LogP contribution in [0.1, 0.15) is 52.4 Å². The maximum atomic E-state index is 12.5. The van der Waals surface area contributed by atoms with E-state index < -0.39 is 0 Å². The zero-order valence-corrected chi connectivity index (χ0v) is 11.6. The average Bonchev–Trinajstić information content (AvgIpc) is 2.81. The van der Waals surface area contributed by atoms with Crippen LogP contribution in [-0.4, -0.2) is 43.0 Å². The van der Waals surface area contributed by atoms with Crippen LogP contribution < -0.4 is 0 Å². The minimum absolute atomic E-state index is 0.142. The molecule has 3 nitrogen and oxygen atoms in total. The highest BCUT2D eigenvalue weighted by Crippen LogP contribution is 2.37. The van der Waals surface area contributed by atoms with E-state index >= 15 is 0 Å². The molecule has 0 saturated heterocycles. The van der Waals surface area contributed by atoms with Crippen molar-refractivity contribution in [2.75, 3.05) is 26.8 Å². The molecular formula is C14H27NO2. The minimum Gasteiger partial charge on any atom is -0.385 e. The molecule has 0 aliphatic heterocycles. The summed E-state index contributed by atoms with van der Waals surface area (Å²) in [7, 11) is 1.69. The Balaban J connectivity index is 2.66. The zero-order valence-electron chi connectivity index (χ0n) is 11.6. The van der Waals surface area contributed by atoms with E-state index in [1.54, 1.807) is 7.11 Å². The van der Waals surface area contributed by atoms with Crippen molar-refractivity contribution in [3.63, 3.8) is 0 Å². The Morgan fingerprint density at radius 3 is 2.29 bits per heavy atom. The highest BCUT2D eigenvalue weighted by molar-refractivity contribution is 5.88. The van der Waals surface area contributed by atoms with Crippen molar-refractivity contribution in [2.45, 2.75) is 57.9 Å². The van der Waals surface area contributed by atoms with Gasteiger partial charge in [0.15, 0.2) is 5.78 Å². The number of carbonyl (C=O) groups is 1. The van der Waals surface area contributed by atoms with Gasteiger partial charge in [-0.3, -0.25) is 9.69 Å². The first-order valence-electron chi connectivity index (χ1n) is 6.98. The Labute approximate surface area is 106 Å². The molecule has 0 aromatic rings. The number of carbonyl (C=O) groups excluding carboxylic acids is 1. The van der Waals surface area contributed by atoms with Crippen molar-refractivity contribution in [2.24, 2.45) is 0 Å². The molecule has 1 aliphatic carbocycles. The lowest BCUT2D eigenvalue weighted by molar-refractivity contribution is -0.131. The van der Waals surface area contributed by atoms with E-state index in [0.717, 1.165) is 32.4 Å². The Bertz CT molecular complexity index is 230. The lowest BCUT2D eigenvalue weighted by Crippen LogP contribution is -2.52. The summed E-state index contributed by atoms with van der Waals surface area (Å²) in [6, 6.07) is 0. The summed E-state index contributed by atoms with van der Waals surface area (Å²) in [5.74, 6) is 0.441. The van der Waals surface area contributed by atoms with Crippen molar-refractivity contribution < 1.29 is 9.53 Å². The first-order chi connectivity index (χ1) is 8.21. The predicted molar refractivity (Wildman–Crippen MR) is 70.2 cm³/mol. The highest BCUT2D eigenvalue weighted by atomic mass is 16.5. The van der Waals surface area contributed by atoms with Crippen molar-refractivity contribution in [3.05, 3.63) is 0 Å². The molecule has 1 rings (SSSR count). The number of rotatable bonds is 8. The van der Waals surface area contributed by atoms with Crippen LogP contribution in [0.3, 0.4) is 0 Å². The van der Waals surface area contributed by atoms with Crippen LogP contribution in [0.25, 0.3) is 0 Å². The highest BCUT2D eigenvalue weighted by Gasteiger charge is 2.43. The number of Topliss-reactive ketones (excluding diaryl/α,β-unsaturated/α-hetero) is 1. The Morgan fingerprint density at radius 1 is 1.24 bits per heavy atom. The van der Waals surface area contributed by atoms with Crippen LogP contribution in [0.5, 0.6) is 0 Å². The third kappa shape index (κ3) is 3.29. The monoisotopic (exact) mass is 241 g/mol. The van der Waals surface area contributed by atoms with Crippen LogP contribution in [0, 0.1) is 0 Å². The van der Waals surface area contributed by atoms with Crippen molar-refractivity contribution in [1.29, 1.82) is 0 Å². The van der Waals surface area contributed by atoms with Gasteiger partial charge in [0.25, 0.3) is 0 Å². The number of likely N-dealkylation sites (N-methyl/N-ethyl adjacent to an activating group) is 1. The van der Waals surface area contributed by atoms with Gasteiger partial charge in [0, 0.05) is 20.1 Å². The molecule has 1 fully saturated rings. The molecule has 1 aliphatic rings. The summed E-state index contributed by atoms with van der Waals surface area (Å²) in [6.07, 6.45) is 6.04. The van der Waals surface area contributed by atoms with E-state index in [4.69, 9.17) is 4.74 Å². The van der Waals surface area contributed by atoms with E-state index in [1.807, 2.05) is 0 Å². The number of ketones is 1. The first kappa shape index (κ1) is 14.7. The van der Waals surface area contributed by atoms with Gasteiger partial charge in [0.2, 0.25) is 0 Å². The lowest BCUT2D eigenvalue weighted by atomic mass is 9.87. The molecular weight excluding hydrogens is 214 g/mol. The van der Waals surface area contributed by atoms with Gasteiger partial charge in [0.05, 0.1) is 5.54 Å². The van der Waals surface area contributed by atoms with E-state index in [1.165, 1.54) is 12.8 Å². The Kier molecular flexibility index (Phi) is 6.14. The largest absolute Gasteiger partial charge is 0.385 e. The minimum atomic E-state index is -0.142. The van der Waals surface area contributed by atoms with Crippen LogP contribution in [0.4, 0.5) is 0 Å². The molecule has 17 heavy (non-hydrogen) atoms. The van der Waals surface area contributed by atoms with Gasteiger partial charge in [-0.05, 0) is 32.4 Å². The molecule has 0 unspecified atom stereocenters. The van der Waals surface area contributed by atoms with Crippen LogP contribution in [0.15, 0.2) is 0 Å². The fourth-order valence-electron chi connectivity index (χ4n) is 3.17. The summed E-state index contributed by atoms with van der Waals surface area (Å²) in [5, 5.41) is 0. The summed E-state index contributed by atoms with van der Waals surface area (Å²) in [4.78, 5) is 14.9. The number of methoxy groups -OCH3 is 1. The molecule has 0 spiro atoms. The summed E-state index contributed by atoms with van der Waals surface area (Å²) < 4.78 is 5.04. The fraction of sp³-hybridized carbons (Fsp3) is 0.929. The van der Waals surface area contributed by atoms with Crippen molar-refractivity contribution in [1.82, 2.24) is 4.90 Å². The second kappa shape index (κ2) is 7.12. The number of ether oxygens (including phenoxy) is 1. The van der Waals surface area contributed by atoms with Gasteiger partial charge in [-0.1, -0.05) is 26.7 Å². The second-order valence-corrected chi connectivity index (χ2v) is 4.93. The normalized spacial score (nSPS) is 18.8. The van der Waals surface area contributed by atoms with Gasteiger partial charge in [-0.25, -0.2) is 0 Å². The molecule has 3 heteroatoms.